The number of fused-ring (bicyclic) bond motifs is 2. The van der Waals surface area contributed by atoms with Gasteiger partial charge < -0.3 is 15.0 Å². The fourth-order valence-electron chi connectivity index (χ4n) is 5.74. The second kappa shape index (κ2) is 7.78. The minimum atomic E-state index is -1.37. The zero-order chi connectivity index (χ0) is 21.7. The van der Waals surface area contributed by atoms with Gasteiger partial charge in [0.2, 0.25) is 5.91 Å². The molecule has 3 aliphatic rings. The summed E-state index contributed by atoms with van der Waals surface area (Å²) in [6.45, 7) is 3.58. The van der Waals surface area contributed by atoms with E-state index in [0.717, 1.165) is 19.2 Å². The molecule has 1 aromatic carbocycles. The van der Waals surface area contributed by atoms with E-state index in [1.165, 1.54) is 29.9 Å². The molecule has 2 aromatic rings. The number of carboxylic acid groups (broad SMARTS) is 1. The van der Waals surface area contributed by atoms with E-state index >= 15 is 0 Å². The van der Waals surface area contributed by atoms with Gasteiger partial charge in [-0.3, -0.25) is 14.3 Å². The number of aromatic nitrogens is 2. The number of rotatable bonds is 4. The highest BCUT2D eigenvalue weighted by molar-refractivity contribution is 5.92. The van der Waals surface area contributed by atoms with Crippen LogP contribution in [0.2, 0.25) is 0 Å². The Morgan fingerprint density at radius 2 is 1.77 bits per heavy atom. The van der Waals surface area contributed by atoms with Crippen LogP contribution in [0, 0.1) is 17.7 Å². The number of aromatic amines is 1. The van der Waals surface area contributed by atoms with Crippen molar-refractivity contribution in [3.63, 3.8) is 0 Å². The number of amides is 1. The first-order valence-corrected chi connectivity index (χ1v) is 11.1. The van der Waals surface area contributed by atoms with Crippen LogP contribution in [0.1, 0.15) is 48.5 Å². The van der Waals surface area contributed by atoms with Crippen LogP contribution in [0.15, 0.2) is 16.9 Å². The number of piperidine rings is 1. The molecule has 2 N–H and O–H groups in total. The van der Waals surface area contributed by atoms with Gasteiger partial charge in [-0.1, -0.05) is 6.42 Å². The van der Waals surface area contributed by atoms with E-state index in [9.17, 15) is 18.8 Å². The number of carbonyl (C=O) groups excluding carboxylic acids is 1. The van der Waals surface area contributed by atoms with Gasteiger partial charge in [-0.05, 0) is 43.6 Å². The predicted octanol–water partition coefficient (Wildman–Crippen LogP) is 2.06. The minimum Gasteiger partial charge on any atom is -0.478 e. The molecule has 0 radical (unpaired) electrons. The van der Waals surface area contributed by atoms with Crippen LogP contribution in [0.5, 0.6) is 0 Å². The van der Waals surface area contributed by atoms with E-state index in [1.807, 2.05) is 4.90 Å². The maximum absolute atomic E-state index is 14.2. The van der Waals surface area contributed by atoms with Crippen molar-refractivity contribution in [2.24, 2.45) is 11.8 Å². The van der Waals surface area contributed by atoms with Gasteiger partial charge in [0.05, 0.1) is 23.1 Å². The first-order valence-electron chi connectivity index (χ1n) is 11.1. The first-order chi connectivity index (χ1) is 14.9. The van der Waals surface area contributed by atoms with Crippen molar-refractivity contribution in [2.45, 2.75) is 38.1 Å². The number of hydrogen-bond acceptors (Lipinski definition) is 4. The molecule has 1 aromatic heterocycles. The summed E-state index contributed by atoms with van der Waals surface area (Å²) in [6, 6.07) is 2.18. The molecule has 2 atom stereocenters. The number of likely N-dealkylation sites (tertiary alicyclic amines) is 2. The molecular weight excluding hydrogens is 403 g/mol. The summed E-state index contributed by atoms with van der Waals surface area (Å²) in [6.07, 6.45) is 5.13. The molecule has 2 unspecified atom stereocenters. The summed E-state index contributed by atoms with van der Waals surface area (Å²) in [4.78, 5) is 43.2. The molecule has 5 rings (SSSR count). The van der Waals surface area contributed by atoms with Crippen LogP contribution in [0.3, 0.4) is 0 Å². The monoisotopic (exact) mass is 430 g/mol. The van der Waals surface area contributed by atoms with Crippen LogP contribution in [-0.2, 0) is 4.79 Å². The number of nitrogens with one attached hydrogen (secondary N) is 1. The van der Waals surface area contributed by atoms with Gasteiger partial charge in [0.25, 0.3) is 0 Å². The molecule has 0 spiro atoms. The number of imidazole rings is 1. The lowest BCUT2D eigenvalue weighted by Crippen LogP contribution is -2.44. The Kier molecular flexibility index (Phi) is 5.08. The second-order valence-corrected chi connectivity index (χ2v) is 9.21. The zero-order valence-corrected chi connectivity index (χ0v) is 17.3. The molecule has 8 nitrogen and oxygen atoms in total. The van der Waals surface area contributed by atoms with Gasteiger partial charge >= 0.3 is 11.7 Å². The normalized spacial score (nSPS) is 24.7. The van der Waals surface area contributed by atoms with E-state index in [2.05, 4.69) is 9.88 Å². The lowest BCUT2D eigenvalue weighted by molar-refractivity contribution is -0.132. The summed E-state index contributed by atoms with van der Waals surface area (Å²) >= 11 is 0. The van der Waals surface area contributed by atoms with E-state index in [-0.39, 0.29) is 17.6 Å². The summed E-state index contributed by atoms with van der Waals surface area (Å²) in [5, 5.41) is 9.10. The van der Waals surface area contributed by atoms with Gasteiger partial charge in [0, 0.05) is 38.3 Å². The number of aromatic carboxylic acids is 1. The maximum Gasteiger partial charge on any atom is 0.338 e. The average Bonchev–Trinajstić information content (AvgIpc) is 3.40. The van der Waals surface area contributed by atoms with Gasteiger partial charge in [0.1, 0.15) is 5.82 Å². The summed E-state index contributed by atoms with van der Waals surface area (Å²) in [5.74, 6) is -0.657. The van der Waals surface area contributed by atoms with Crippen molar-refractivity contribution in [1.82, 2.24) is 19.4 Å². The molecule has 2 saturated heterocycles. The number of carboxylic acids is 1. The number of halogens is 1. The van der Waals surface area contributed by atoms with Crippen molar-refractivity contribution in [2.75, 3.05) is 32.7 Å². The first kappa shape index (κ1) is 20.2. The number of nitrogens with zero attached hydrogens (tertiary/aromatic N) is 3. The Morgan fingerprint density at radius 1 is 1.10 bits per heavy atom. The van der Waals surface area contributed by atoms with E-state index in [1.54, 1.807) is 0 Å². The van der Waals surface area contributed by atoms with E-state index in [0.29, 0.717) is 55.3 Å². The van der Waals surface area contributed by atoms with Crippen LogP contribution in [-0.4, -0.2) is 69.1 Å². The Labute approximate surface area is 178 Å². The quantitative estimate of drug-likeness (QED) is 0.774. The largest absolute Gasteiger partial charge is 0.478 e. The summed E-state index contributed by atoms with van der Waals surface area (Å²) in [5.41, 5.74) is -0.123. The third-order valence-electron chi connectivity index (χ3n) is 7.40. The minimum absolute atomic E-state index is 0.117. The fraction of sp³-hybridized carbons (Fsp3) is 0.591. The topological polar surface area (TPSA) is 98.6 Å². The zero-order valence-electron chi connectivity index (χ0n) is 17.3. The molecule has 1 aliphatic carbocycles. The Balaban J connectivity index is 1.24. The predicted molar refractivity (Wildman–Crippen MR) is 112 cm³/mol. The standard InChI is InChI=1S/C22H27FN4O4/c23-17-9-19-18(8-16(17)21(29)30)24-22(31)27(19)15-4-6-25(7-5-15)12-20(28)26-10-13-2-1-3-14(13)11-26/h8-9,13-15H,1-7,10-12H2,(H,24,31)(H,29,30). The van der Waals surface area contributed by atoms with Gasteiger partial charge in [-0.15, -0.1) is 0 Å². The van der Waals surface area contributed by atoms with Crippen molar-refractivity contribution in [1.29, 1.82) is 0 Å². The lowest BCUT2D eigenvalue weighted by atomic mass is 10.0. The van der Waals surface area contributed by atoms with Crippen LogP contribution >= 0.6 is 0 Å². The van der Waals surface area contributed by atoms with Crippen LogP contribution in [0.4, 0.5) is 4.39 Å². The summed E-state index contributed by atoms with van der Waals surface area (Å²) in [7, 11) is 0. The molecule has 3 fully saturated rings. The van der Waals surface area contributed by atoms with E-state index < -0.39 is 17.3 Å². The molecule has 31 heavy (non-hydrogen) atoms. The molecular formula is C22H27FN4O4. The third kappa shape index (κ3) is 3.64. The Morgan fingerprint density at radius 3 is 2.42 bits per heavy atom. The molecule has 2 aliphatic heterocycles. The van der Waals surface area contributed by atoms with Crippen molar-refractivity contribution in [3.05, 3.63) is 34.0 Å². The average molecular weight is 430 g/mol. The molecule has 1 saturated carbocycles. The SMILES string of the molecule is O=C(O)c1cc2[nH]c(=O)n(C3CCN(CC(=O)N4CC5CCCC5C4)CC3)c2cc1F. The van der Waals surface area contributed by atoms with Gasteiger partial charge in [0.15, 0.2) is 0 Å². The van der Waals surface area contributed by atoms with Crippen LogP contribution in [0.25, 0.3) is 11.0 Å². The van der Waals surface area contributed by atoms with Crippen molar-refractivity contribution >= 4 is 22.9 Å². The summed E-state index contributed by atoms with van der Waals surface area (Å²) < 4.78 is 15.7. The number of carbonyl (C=O) groups is 2. The number of H-pyrrole nitrogens is 1. The van der Waals surface area contributed by atoms with E-state index in [4.69, 9.17) is 5.11 Å². The molecule has 166 valence electrons. The highest BCUT2D eigenvalue weighted by Gasteiger charge is 2.38. The van der Waals surface area contributed by atoms with Gasteiger partial charge in [-0.25, -0.2) is 14.0 Å². The van der Waals surface area contributed by atoms with Crippen LogP contribution < -0.4 is 5.69 Å². The highest BCUT2D eigenvalue weighted by Crippen LogP contribution is 2.37. The molecule has 3 heterocycles. The molecule has 9 heteroatoms. The maximum atomic E-state index is 14.2. The smallest absolute Gasteiger partial charge is 0.338 e. The number of benzene rings is 1. The fourth-order valence-corrected chi connectivity index (χ4v) is 5.74. The second-order valence-electron chi connectivity index (χ2n) is 9.21. The third-order valence-corrected chi connectivity index (χ3v) is 7.40. The number of hydrogen-bond donors (Lipinski definition) is 2. The lowest BCUT2D eigenvalue weighted by Gasteiger charge is -2.33. The highest BCUT2D eigenvalue weighted by atomic mass is 19.1. The molecule has 0 bridgehead atoms. The Bertz CT molecular complexity index is 1070. The Hall–Kier alpha value is -2.68. The van der Waals surface area contributed by atoms with Crippen molar-refractivity contribution < 1.29 is 19.1 Å². The van der Waals surface area contributed by atoms with Crippen molar-refractivity contribution in [3.8, 4) is 0 Å². The van der Waals surface area contributed by atoms with Gasteiger partial charge in [-0.2, -0.15) is 0 Å². The molecule has 1 amide bonds.